The van der Waals surface area contributed by atoms with Gasteiger partial charge in [0.25, 0.3) is 0 Å². The van der Waals surface area contributed by atoms with Crippen molar-refractivity contribution in [2.24, 2.45) is 0 Å². The van der Waals surface area contributed by atoms with Gasteiger partial charge in [0, 0.05) is 25.7 Å². The fraction of sp³-hybridized carbons (Fsp3) is 0.538. The van der Waals surface area contributed by atoms with Crippen molar-refractivity contribution < 1.29 is 21.9 Å². The molecule has 0 unspecified atom stereocenters. The Kier molecular flexibility index (Phi) is 5.26. The van der Waals surface area contributed by atoms with Crippen LogP contribution in [-0.4, -0.2) is 52.2 Å². The quantitative estimate of drug-likeness (QED) is 0.878. The number of hydrogen-bond donors (Lipinski definition) is 1. The molecule has 1 aliphatic rings. The van der Waals surface area contributed by atoms with Crippen molar-refractivity contribution in [3.63, 3.8) is 0 Å². The fourth-order valence-corrected chi connectivity index (χ4v) is 3.43. The van der Waals surface area contributed by atoms with Crippen LogP contribution in [0, 0.1) is 11.6 Å². The third-order valence-corrected chi connectivity index (χ3v) is 4.78. The summed E-state index contributed by atoms with van der Waals surface area (Å²) in [6.07, 6.45) is 0. The van der Waals surface area contributed by atoms with E-state index in [1.165, 1.54) is 0 Å². The molecule has 0 spiro atoms. The molecule has 8 heteroatoms. The van der Waals surface area contributed by atoms with E-state index in [0.29, 0.717) is 25.8 Å². The van der Waals surface area contributed by atoms with Gasteiger partial charge in [-0.15, -0.1) is 0 Å². The van der Waals surface area contributed by atoms with Crippen LogP contribution in [0.15, 0.2) is 23.1 Å². The van der Waals surface area contributed by atoms with Crippen molar-refractivity contribution in [3.05, 3.63) is 29.8 Å². The minimum atomic E-state index is -3.86. The first kappa shape index (κ1) is 16.3. The zero-order chi connectivity index (χ0) is 15.5. The van der Waals surface area contributed by atoms with Crippen LogP contribution in [0.4, 0.5) is 8.78 Å². The first-order valence-electron chi connectivity index (χ1n) is 6.66. The van der Waals surface area contributed by atoms with E-state index < -0.39 is 21.7 Å². The van der Waals surface area contributed by atoms with Crippen molar-refractivity contribution in [1.29, 1.82) is 0 Å². The number of morpholine rings is 1. The Morgan fingerprint density at radius 3 is 2.57 bits per heavy atom. The second-order valence-electron chi connectivity index (χ2n) is 5.01. The Hall–Kier alpha value is -1.09. The van der Waals surface area contributed by atoms with Crippen molar-refractivity contribution in [2.45, 2.75) is 17.9 Å². The molecule has 0 bridgehead atoms. The summed E-state index contributed by atoms with van der Waals surface area (Å²) in [7, 11) is -3.86. The SMILES string of the molecule is C[C@H](CN1CCOCC1)NS(=O)(=O)c1ccc(F)c(F)c1. The summed E-state index contributed by atoms with van der Waals surface area (Å²) in [5.74, 6) is -2.26. The molecule has 0 amide bonds. The summed E-state index contributed by atoms with van der Waals surface area (Å²) >= 11 is 0. The van der Waals surface area contributed by atoms with Gasteiger partial charge in [-0.2, -0.15) is 0 Å². The Balaban J connectivity index is 2.00. The average molecular weight is 320 g/mol. The molecule has 1 N–H and O–H groups in total. The third kappa shape index (κ3) is 4.44. The van der Waals surface area contributed by atoms with E-state index in [4.69, 9.17) is 4.74 Å². The lowest BCUT2D eigenvalue weighted by Gasteiger charge is -2.29. The van der Waals surface area contributed by atoms with E-state index in [0.717, 1.165) is 25.2 Å². The molecule has 0 aromatic heterocycles. The monoisotopic (exact) mass is 320 g/mol. The van der Waals surface area contributed by atoms with Crippen LogP contribution < -0.4 is 4.72 Å². The molecular weight excluding hydrogens is 302 g/mol. The molecule has 0 aliphatic carbocycles. The number of nitrogens with zero attached hydrogens (tertiary/aromatic N) is 1. The molecule has 21 heavy (non-hydrogen) atoms. The molecule has 5 nitrogen and oxygen atoms in total. The summed E-state index contributed by atoms with van der Waals surface area (Å²) in [6.45, 7) is 5.01. The number of benzene rings is 1. The molecule has 118 valence electrons. The maximum absolute atomic E-state index is 13.1. The summed E-state index contributed by atoms with van der Waals surface area (Å²) in [4.78, 5) is 1.80. The Labute approximate surface area is 122 Å². The zero-order valence-corrected chi connectivity index (χ0v) is 12.5. The lowest BCUT2D eigenvalue weighted by atomic mass is 10.3. The maximum Gasteiger partial charge on any atom is 0.240 e. The van der Waals surface area contributed by atoms with E-state index in [1.807, 2.05) is 0 Å². The number of rotatable bonds is 5. The molecule has 1 atom stereocenters. The van der Waals surface area contributed by atoms with Gasteiger partial charge in [0.05, 0.1) is 18.1 Å². The van der Waals surface area contributed by atoms with E-state index in [-0.39, 0.29) is 10.9 Å². The van der Waals surface area contributed by atoms with Crippen LogP contribution in [0.3, 0.4) is 0 Å². The molecule has 1 aliphatic heterocycles. The molecule has 1 aromatic rings. The van der Waals surface area contributed by atoms with Gasteiger partial charge in [0.15, 0.2) is 11.6 Å². The predicted molar refractivity (Wildman–Crippen MR) is 73.4 cm³/mol. The number of nitrogens with one attached hydrogen (secondary N) is 1. The van der Waals surface area contributed by atoms with Crippen molar-refractivity contribution in [2.75, 3.05) is 32.8 Å². The number of halogens is 2. The lowest BCUT2D eigenvalue weighted by molar-refractivity contribution is 0.0354. The molecule has 2 rings (SSSR count). The number of hydrogen-bond acceptors (Lipinski definition) is 4. The van der Waals surface area contributed by atoms with Crippen molar-refractivity contribution in [3.8, 4) is 0 Å². The van der Waals surface area contributed by atoms with Crippen LogP contribution >= 0.6 is 0 Å². The van der Waals surface area contributed by atoms with Crippen molar-refractivity contribution in [1.82, 2.24) is 9.62 Å². The normalized spacial score (nSPS) is 18.6. The highest BCUT2D eigenvalue weighted by molar-refractivity contribution is 7.89. The summed E-state index contributed by atoms with van der Waals surface area (Å²) < 4.78 is 57.9. The molecule has 1 aromatic carbocycles. The summed E-state index contributed by atoms with van der Waals surface area (Å²) in [5.41, 5.74) is 0. The number of ether oxygens (including phenoxy) is 1. The largest absolute Gasteiger partial charge is 0.379 e. The average Bonchev–Trinajstić information content (AvgIpc) is 2.42. The molecular formula is C13H18F2N2O3S. The van der Waals surface area contributed by atoms with E-state index >= 15 is 0 Å². The van der Waals surface area contributed by atoms with Gasteiger partial charge >= 0.3 is 0 Å². The van der Waals surface area contributed by atoms with Crippen molar-refractivity contribution >= 4 is 10.0 Å². The smallest absolute Gasteiger partial charge is 0.240 e. The minimum Gasteiger partial charge on any atom is -0.379 e. The Morgan fingerprint density at radius 2 is 1.95 bits per heavy atom. The molecule has 0 radical (unpaired) electrons. The molecule has 1 saturated heterocycles. The predicted octanol–water partition coefficient (Wildman–Crippen LogP) is 0.964. The van der Waals surface area contributed by atoms with E-state index in [9.17, 15) is 17.2 Å². The Bertz CT molecular complexity index is 589. The van der Waals surface area contributed by atoms with Gasteiger partial charge in [-0.05, 0) is 25.1 Å². The topological polar surface area (TPSA) is 58.6 Å². The van der Waals surface area contributed by atoms with Gasteiger partial charge in [-0.3, -0.25) is 4.90 Å². The van der Waals surface area contributed by atoms with Crippen LogP contribution in [0.1, 0.15) is 6.92 Å². The van der Waals surface area contributed by atoms with Crippen LogP contribution in [0.2, 0.25) is 0 Å². The highest BCUT2D eigenvalue weighted by atomic mass is 32.2. The second kappa shape index (κ2) is 6.78. The first-order valence-corrected chi connectivity index (χ1v) is 8.14. The fourth-order valence-electron chi connectivity index (χ4n) is 2.19. The summed E-state index contributed by atoms with van der Waals surface area (Å²) in [5, 5.41) is 0. The van der Waals surface area contributed by atoms with Crippen LogP contribution in [0.5, 0.6) is 0 Å². The van der Waals surface area contributed by atoms with Crippen LogP contribution in [0.25, 0.3) is 0 Å². The second-order valence-corrected chi connectivity index (χ2v) is 6.73. The van der Waals surface area contributed by atoms with Gasteiger partial charge < -0.3 is 4.74 Å². The lowest BCUT2D eigenvalue weighted by Crippen LogP contribution is -2.45. The standard InChI is InChI=1S/C13H18F2N2O3S/c1-10(9-17-4-6-20-7-5-17)16-21(18,19)11-2-3-12(14)13(15)8-11/h2-3,8,10,16H,4-7,9H2,1H3/t10-/m1/s1. The summed E-state index contributed by atoms with van der Waals surface area (Å²) in [6, 6.07) is 2.18. The maximum atomic E-state index is 13.1. The van der Waals surface area contributed by atoms with Gasteiger partial charge in [0.2, 0.25) is 10.0 Å². The van der Waals surface area contributed by atoms with Gasteiger partial charge in [-0.25, -0.2) is 21.9 Å². The molecule has 1 heterocycles. The van der Waals surface area contributed by atoms with Gasteiger partial charge in [-0.1, -0.05) is 0 Å². The van der Waals surface area contributed by atoms with E-state index in [2.05, 4.69) is 9.62 Å². The highest BCUT2D eigenvalue weighted by Crippen LogP contribution is 2.14. The first-order chi connectivity index (χ1) is 9.88. The Morgan fingerprint density at radius 1 is 1.29 bits per heavy atom. The zero-order valence-electron chi connectivity index (χ0n) is 11.7. The highest BCUT2D eigenvalue weighted by Gasteiger charge is 2.21. The van der Waals surface area contributed by atoms with Crippen LogP contribution in [-0.2, 0) is 14.8 Å². The van der Waals surface area contributed by atoms with E-state index in [1.54, 1.807) is 6.92 Å². The van der Waals surface area contributed by atoms with Gasteiger partial charge in [0.1, 0.15) is 0 Å². The molecule has 1 fully saturated rings. The minimum absolute atomic E-state index is 0.282. The number of sulfonamides is 1. The third-order valence-electron chi connectivity index (χ3n) is 3.19. The molecule has 0 saturated carbocycles.